The highest BCUT2D eigenvalue weighted by Gasteiger charge is 2.29. The summed E-state index contributed by atoms with van der Waals surface area (Å²) >= 11 is 0. The lowest BCUT2D eigenvalue weighted by Gasteiger charge is -2.27. The Hall–Kier alpha value is -1.07. The Labute approximate surface area is 120 Å². The lowest BCUT2D eigenvalue weighted by atomic mass is 10.2. The van der Waals surface area contributed by atoms with E-state index >= 15 is 0 Å². The van der Waals surface area contributed by atoms with E-state index in [1.807, 2.05) is 11.8 Å². The molecular weight excluding hydrogens is 266 g/mol. The Morgan fingerprint density at radius 3 is 2.74 bits per heavy atom. The normalized spacial score (nSPS) is 18.2. The van der Waals surface area contributed by atoms with Crippen LogP contribution in [0.5, 0.6) is 0 Å². The minimum absolute atomic E-state index is 0. The Balaban J connectivity index is 0.00000180. The van der Waals surface area contributed by atoms with E-state index < -0.39 is 0 Å². The molecule has 0 saturated carbocycles. The van der Waals surface area contributed by atoms with Crippen LogP contribution in [-0.4, -0.2) is 41.5 Å². The summed E-state index contributed by atoms with van der Waals surface area (Å²) in [6, 6.07) is 0.280. The van der Waals surface area contributed by atoms with Crippen molar-refractivity contribution in [3.8, 4) is 0 Å². The van der Waals surface area contributed by atoms with Crippen LogP contribution in [0.25, 0.3) is 0 Å². The van der Waals surface area contributed by atoms with Crippen LogP contribution >= 0.6 is 12.4 Å². The minimum Gasteiger partial charge on any atom is -0.436 e. The van der Waals surface area contributed by atoms with Gasteiger partial charge in [0.1, 0.15) is 0 Å². The number of nitrogens with zero attached hydrogens (tertiary/aromatic N) is 2. The topological polar surface area (TPSA) is 58.4 Å². The molecule has 1 fully saturated rings. The molecule has 108 valence electrons. The van der Waals surface area contributed by atoms with Crippen molar-refractivity contribution < 1.29 is 9.21 Å². The quantitative estimate of drug-likeness (QED) is 0.919. The van der Waals surface area contributed by atoms with Gasteiger partial charge in [-0.3, -0.25) is 4.79 Å². The van der Waals surface area contributed by atoms with Crippen molar-refractivity contribution in [2.75, 3.05) is 19.6 Å². The van der Waals surface area contributed by atoms with Crippen molar-refractivity contribution in [1.29, 1.82) is 0 Å². The second kappa shape index (κ2) is 6.91. The summed E-state index contributed by atoms with van der Waals surface area (Å²) in [4.78, 5) is 18.6. The van der Waals surface area contributed by atoms with Gasteiger partial charge in [-0.1, -0.05) is 6.92 Å². The number of halogens is 1. The molecule has 2 heterocycles. The largest absolute Gasteiger partial charge is 0.436 e. The maximum Gasteiger partial charge on any atom is 0.291 e. The van der Waals surface area contributed by atoms with Gasteiger partial charge in [-0.15, -0.1) is 12.4 Å². The van der Waals surface area contributed by atoms with Crippen molar-refractivity contribution in [3.05, 3.63) is 17.3 Å². The van der Waals surface area contributed by atoms with Gasteiger partial charge in [-0.2, -0.15) is 0 Å². The Morgan fingerprint density at radius 2 is 2.26 bits per heavy atom. The fraction of sp³-hybridized carbons (Fsp3) is 0.692. The SMILES string of the molecule is CCCN(C(=O)c1oc(C)nc1C)C1CCNC1.Cl. The van der Waals surface area contributed by atoms with Crippen LogP contribution in [0.3, 0.4) is 0 Å². The zero-order chi connectivity index (χ0) is 13.1. The van der Waals surface area contributed by atoms with Crippen molar-refractivity contribution in [3.63, 3.8) is 0 Å². The molecule has 0 aromatic carbocycles. The van der Waals surface area contributed by atoms with Gasteiger partial charge in [0, 0.05) is 26.1 Å². The van der Waals surface area contributed by atoms with E-state index in [0.717, 1.165) is 32.5 Å². The number of amides is 1. The molecule has 1 aliphatic heterocycles. The second-order valence-electron chi connectivity index (χ2n) is 4.79. The first kappa shape index (κ1) is 16.0. The predicted molar refractivity (Wildman–Crippen MR) is 75.8 cm³/mol. The number of carbonyl (C=O) groups excluding carboxylic acids is 1. The highest BCUT2D eigenvalue weighted by Crippen LogP contribution is 2.17. The van der Waals surface area contributed by atoms with Crippen LogP contribution in [0.15, 0.2) is 4.42 Å². The molecule has 1 N–H and O–H groups in total. The molecule has 5 nitrogen and oxygen atoms in total. The zero-order valence-electron chi connectivity index (χ0n) is 11.7. The number of aryl methyl sites for hydroxylation is 2. The molecule has 1 aromatic heterocycles. The highest BCUT2D eigenvalue weighted by molar-refractivity contribution is 5.92. The summed E-state index contributed by atoms with van der Waals surface area (Å²) < 4.78 is 5.44. The molecule has 1 amide bonds. The third-order valence-electron chi connectivity index (χ3n) is 3.30. The van der Waals surface area contributed by atoms with Gasteiger partial charge in [-0.25, -0.2) is 4.98 Å². The van der Waals surface area contributed by atoms with E-state index in [-0.39, 0.29) is 24.4 Å². The van der Waals surface area contributed by atoms with Gasteiger partial charge in [0.15, 0.2) is 5.89 Å². The van der Waals surface area contributed by atoms with Crippen LogP contribution in [0.2, 0.25) is 0 Å². The van der Waals surface area contributed by atoms with Crippen LogP contribution < -0.4 is 5.32 Å². The van der Waals surface area contributed by atoms with Gasteiger partial charge in [0.25, 0.3) is 5.91 Å². The monoisotopic (exact) mass is 287 g/mol. The van der Waals surface area contributed by atoms with E-state index in [4.69, 9.17) is 4.42 Å². The van der Waals surface area contributed by atoms with Gasteiger partial charge < -0.3 is 14.6 Å². The van der Waals surface area contributed by atoms with Crippen LogP contribution in [0.4, 0.5) is 0 Å². The number of aromatic nitrogens is 1. The summed E-state index contributed by atoms with van der Waals surface area (Å²) in [5.74, 6) is 0.924. The smallest absolute Gasteiger partial charge is 0.291 e. The molecule has 1 atom stereocenters. The van der Waals surface area contributed by atoms with Crippen LogP contribution in [0, 0.1) is 13.8 Å². The molecule has 0 aliphatic carbocycles. The predicted octanol–water partition coefficient (Wildman–Crippen LogP) is 1.93. The molecule has 1 aliphatic rings. The van der Waals surface area contributed by atoms with E-state index in [1.165, 1.54) is 0 Å². The number of rotatable bonds is 4. The summed E-state index contributed by atoms with van der Waals surface area (Å²) in [6.07, 6.45) is 1.96. The van der Waals surface area contributed by atoms with E-state index in [9.17, 15) is 4.79 Å². The number of hydrogen-bond donors (Lipinski definition) is 1. The number of carbonyl (C=O) groups is 1. The molecule has 1 saturated heterocycles. The van der Waals surface area contributed by atoms with Gasteiger partial charge in [0.2, 0.25) is 5.76 Å². The molecule has 6 heteroatoms. The zero-order valence-corrected chi connectivity index (χ0v) is 12.5. The maximum absolute atomic E-state index is 12.5. The Kier molecular flexibility index (Phi) is 5.82. The van der Waals surface area contributed by atoms with Crippen LogP contribution in [0.1, 0.15) is 41.9 Å². The first-order valence-corrected chi connectivity index (χ1v) is 6.59. The average Bonchev–Trinajstić information content (AvgIpc) is 2.95. The molecule has 0 bridgehead atoms. The first-order valence-electron chi connectivity index (χ1n) is 6.59. The number of oxazole rings is 1. The summed E-state index contributed by atoms with van der Waals surface area (Å²) in [7, 11) is 0. The van der Waals surface area contributed by atoms with Gasteiger partial charge >= 0.3 is 0 Å². The summed E-state index contributed by atoms with van der Waals surface area (Å²) in [5.41, 5.74) is 0.685. The van der Waals surface area contributed by atoms with Crippen molar-refractivity contribution in [1.82, 2.24) is 15.2 Å². The van der Waals surface area contributed by atoms with E-state index in [2.05, 4.69) is 17.2 Å². The van der Waals surface area contributed by atoms with Crippen molar-refractivity contribution in [2.24, 2.45) is 0 Å². The number of nitrogens with one attached hydrogen (secondary N) is 1. The average molecular weight is 288 g/mol. The lowest BCUT2D eigenvalue weighted by molar-refractivity contribution is 0.0657. The molecule has 2 rings (SSSR count). The summed E-state index contributed by atoms with van der Waals surface area (Å²) in [5, 5.41) is 3.30. The van der Waals surface area contributed by atoms with Crippen molar-refractivity contribution in [2.45, 2.75) is 39.7 Å². The van der Waals surface area contributed by atoms with Gasteiger partial charge in [-0.05, 0) is 26.3 Å². The van der Waals surface area contributed by atoms with Crippen LogP contribution in [-0.2, 0) is 0 Å². The third-order valence-corrected chi connectivity index (χ3v) is 3.30. The van der Waals surface area contributed by atoms with E-state index in [1.54, 1.807) is 6.92 Å². The van der Waals surface area contributed by atoms with Crippen molar-refractivity contribution >= 4 is 18.3 Å². The molecule has 0 spiro atoms. The Morgan fingerprint density at radius 1 is 1.53 bits per heavy atom. The maximum atomic E-state index is 12.5. The lowest BCUT2D eigenvalue weighted by Crippen LogP contribution is -2.42. The highest BCUT2D eigenvalue weighted by atomic mass is 35.5. The first-order chi connectivity index (χ1) is 8.63. The molecule has 1 aromatic rings. The molecule has 19 heavy (non-hydrogen) atoms. The fourth-order valence-electron chi connectivity index (χ4n) is 2.46. The molecule has 1 unspecified atom stereocenters. The molecule has 0 radical (unpaired) electrons. The minimum atomic E-state index is -0.0244. The second-order valence-corrected chi connectivity index (χ2v) is 4.79. The standard InChI is InChI=1S/C13H21N3O2.ClH/c1-4-7-16(11-5-6-14-8-11)13(17)12-9(2)15-10(3)18-12;/h11,14H,4-8H2,1-3H3;1H. The third kappa shape index (κ3) is 3.48. The van der Waals surface area contributed by atoms with E-state index in [0.29, 0.717) is 17.3 Å². The molecular formula is C13H22ClN3O2. The fourth-order valence-corrected chi connectivity index (χ4v) is 2.46. The summed E-state index contributed by atoms with van der Waals surface area (Å²) in [6.45, 7) is 8.29. The number of hydrogen-bond acceptors (Lipinski definition) is 4. The Bertz CT molecular complexity index is 428. The van der Waals surface area contributed by atoms with Gasteiger partial charge in [0.05, 0.1) is 5.69 Å².